The molecule has 1 amide bonds. The van der Waals surface area contributed by atoms with Crippen LogP contribution in [0.1, 0.15) is 27.9 Å². The van der Waals surface area contributed by atoms with Crippen LogP contribution in [0, 0.1) is 0 Å². The van der Waals surface area contributed by atoms with Crippen molar-refractivity contribution in [3.8, 4) is 0 Å². The maximum atomic E-state index is 12.1. The summed E-state index contributed by atoms with van der Waals surface area (Å²) in [5, 5.41) is 1.83. The Morgan fingerprint density at radius 3 is 2.80 bits per heavy atom. The molecule has 0 aliphatic heterocycles. The summed E-state index contributed by atoms with van der Waals surface area (Å²) in [6.45, 7) is 0. The van der Waals surface area contributed by atoms with Crippen LogP contribution in [0.15, 0.2) is 34.8 Å². The largest absolute Gasteiger partial charge is 0.327 e. The molecule has 0 N–H and O–H groups in total. The zero-order valence-corrected chi connectivity index (χ0v) is 11.9. The second-order valence-corrected chi connectivity index (χ2v) is 5.75. The smallest absolute Gasteiger partial charge is 0.320 e. The van der Waals surface area contributed by atoms with E-state index in [1.165, 1.54) is 22.5 Å². The predicted octanol–water partition coefficient (Wildman–Crippen LogP) is 1.89. The molecule has 1 aromatic carbocycles. The van der Waals surface area contributed by atoms with Gasteiger partial charge in [0.15, 0.2) is 4.80 Å². The van der Waals surface area contributed by atoms with Gasteiger partial charge in [0.05, 0.1) is 0 Å². The number of Topliss-reactive ketones (excluding diaryl/α,β-unsaturated/α-hetero) is 1. The van der Waals surface area contributed by atoms with E-state index in [0.717, 1.165) is 19.3 Å². The van der Waals surface area contributed by atoms with Crippen LogP contribution in [0.3, 0.4) is 0 Å². The Kier molecular flexibility index (Phi) is 3.36. The van der Waals surface area contributed by atoms with Crippen LogP contribution in [0.5, 0.6) is 0 Å². The number of hydrogen-bond donors (Lipinski definition) is 0. The number of rotatable bonds is 2. The molecular weight excluding hydrogens is 272 g/mol. The molecular formula is C15H14N2O2S. The summed E-state index contributed by atoms with van der Waals surface area (Å²) < 4.78 is 1.72. The van der Waals surface area contributed by atoms with Crippen LogP contribution in [0.4, 0.5) is 0 Å². The highest BCUT2D eigenvalue weighted by molar-refractivity contribution is 7.07. The maximum absolute atomic E-state index is 12.1. The van der Waals surface area contributed by atoms with E-state index in [9.17, 15) is 9.59 Å². The highest BCUT2D eigenvalue weighted by atomic mass is 32.1. The van der Waals surface area contributed by atoms with Gasteiger partial charge in [-0.05, 0) is 36.5 Å². The maximum Gasteiger partial charge on any atom is 0.320 e. The van der Waals surface area contributed by atoms with Crippen LogP contribution in [0.2, 0.25) is 0 Å². The molecule has 0 atom stereocenters. The second-order valence-electron chi connectivity index (χ2n) is 4.88. The minimum absolute atomic E-state index is 0.443. The number of benzene rings is 1. The van der Waals surface area contributed by atoms with Gasteiger partial charge in [0.2, 0.25) is 0 Å². The molecule has 0 fully saturated rings. The van der Waals surface area contributed by atoms with Crippen molar-refractivity contribution in [1.82, 2.24) is 4.57 Å². The Balaban J connectivity index is 1.90. The highest BCUT2D eigenvalue weighted by Gasteiger charge is 2.18. The molecule has 0 saturated heterocycles. The van der Waals surface area contributed by atoms with Gasteiger partial charge in [-0.2, -0.15) is 4.99 Å². The van der Waals surface area contributed by atoms with Gasteiger partial charge in [0.25, 0.3) is 5.78 Å². The van der Waals surface area contributed by atoms with Crippen LogP contribution >= 0.6 is 11.3 Å². The number of carbonyl (C=O) groups is 2. The average Bonchev–Trinajstić information content (AvgIpc) is 3.06. The third-order valence-electron chi connectivity index (χ3n) is 3.51. The Bertz CT molecular complexity index is 755. The minimum atomic E-state index is -0.707. The number of ketones is 1. The SMILES string of the molecule is Cn1ccsc1=NC(=O)C(=O)c1ccc2c(c1)CCC2. The summed E-state index contributed by atoms with van der Waals surface area (Å²) in [6.07, 6.45) is 4.97. The standard InChI is InChI=1S/C15H14N2O2S/c1-17-7-8-20-15(17)16-14(19)13(18)12-6-5-10-3-2-4-11(10)9-12/h5-9H,2-4H2,1H3. The van der Waals surface area contributed by atoms with Gasteiger partial charge in [-0.25, -0.2) is 0 Å². The fourth-order valence-corrected chi connectivity index (χ4v) is 3.14. The molecule has 2 aromatic rings. The van der Waals surface area contributed by atoms with Crippen molar-refractivity contribution in [3.63, 3.8) is 0 Å². The summed E-state index contributed by atoms with van der Waals surface area (Å²) in [4.78, 5) is 28.5. The van der Waals surface area contributed by atoms with Crippen LogP contribution in [-0.2, 0) is 24.7 Å². The molecule has 1 heterocycles. The molecule has 0 spiro atoms. The van der Waals surface area contributed by atoms with Gasteiger partial charge < -0.3 is 4.57 Å². The molecule has 1 aliphatic rings. The molecule has 5 heteroatoms. The second kappa shape index (κ2) is 5.17. The lowest BCUT2D eigenvalue weighted by Gasteiger charge is -2.01. The van der Waals surface area contributed by atoms with E-state index in [-0.39, 0.29) is 0 Å². The quantitative estimate of drug-likeness (QED) is 0.625. The van der Waals surface area contributed by atoms with Crippen LogP contribution in [-0.4, -0.2) is 16.3 Å². The Morgan fingerprint density at radius 2 is 2.05 bits per heavy atom. The fourth-order valence-electron chi connectivity index (χ4n) is 2.41. The van der Waals surface area contributed by atoms with Crippen molar-refractivity contribution in [1.29, 1.82) is 0 Å². The van der Waals surface area contributed by atoms with E-state index < -0.39 is 11.7 Å². The molecule has 1 aliphatic carbocycles. The van der Waals surface area contributed by atoms with E-state index in [4.69, 9.17) is 0 Å². The van der Waals surface area contributed by atoms with E-state index in [1.807, 2.05) is 17.5 Å². The molecule has 1 aromatic heterocycles. The summed E-state index contributed by atoms with van der Waals surface area (Å²) in [6, 6.07) is 5.52. The van der Waals surface area contributed by atoms with Crippen molar-refractivity contribution in [2.75, 3.05) is 0 Å². The Morgan fingerprint density at radius 1 is 1.25 bits per heavy atom. The lowest BCUT2D eigenvalue weighted by molar-refractivity contribution is -0.114. The first-order valence-electron chi connectivity index (χ1n) is 6.50. The summed E-state index contributed by atoms with van der Waals surface area (Å²) >= 11 is 1.33. The normalized spacial score (nSPS) is 14.3. The summed E-state index contributed by atoms with van der Waals surface area (Å²) in [7, 11) is 1.79. The van der Waals surface area contributed by atoms with Crippen molar-refractivity contribution >= 4 is 23.0 Å². The number of nitrogens with zero attached hydrogens (tertiary/aromatic N) is 2. The first-order valence-corrected chi connectivity index (χ1v) is 7.38. The lowest BCUT2D eigenvalue weighted by atomic mass is 10.0. The minimum Gasteiger partial charge on any atom is -0.327 e. The van der Waals surface area contributed by atoms with Crippen LogP contribution < -0.4 is 4.80 Å². The molecule has 20 heavy (non-hydrogen) atoms. The van der Waals surface area contributed by atoms with Crippen molar-refractivity contribution in [2.24, 2.45) is 12.0 Å². The summed E-state index contributed by atoms with van der Waals surface area (Å²) in [5.74, 6) is -1.24. The number of aromatic nitrogens is 1. The third-order valence-corrected chi connectivity index (χ3v) is 4.36. The van der Waals surface area contributed by atoms with Gasteiger partial charge in [-0.1, -0.05) is 12.1 Å². The van der Waals surface area contributed by atoms with E-state index in [2.05, 4.69) is 4.99 Å². The van der Waals surface area contributed by atoms with Crippen molar-refractivity contribution < 1.29 is 9.59 Å². The first-order chi connectivity index (χ1) is 9.65. The number of fused-ring (bicyclic) bond motifs is 1. The van der Waals surface area contributed by atoms with Gasteiger partial charge in [-0.3, -0.25) is 9.59 Å². The van der Waals surface area contributed by atoms with Gasteiger partial charge in [-0.15, -0.1) is 11.3 Å². The van der Waals surface area contributed by atoms with E-state index >= 15 is 0 Å². The monoisotopic (exact) mass is 286 g/mol. The number of carbonyl (C=O) groups excluding carboxylic acids is 2. The molecule has 4 nitrogen and oxygen atoms in total. The van der Waals surface area contributed by atoms with Gasteiger partial charge >= 0.3 is 5.91 Å². The number of hydrogen-bond acceptors (Lipinski definition) is 3. The zero-order chi connectivity index (χ0) is 14.1. The van der Waals surface area contributed by atoms with E-state index in [0.29, 0.717) is 10.4 Å². The first kappa shape index (κ1) is 13.0. The van der Waals surface area contributed by atoms with Crippen molar-refractivity contribution in [2.45, 2.75) is 19.3 Å². The number of aryl methyl sites for hydroxylation is 3. The molecule has 3 rings (SSSR count). The molecule has 0 unspecified atom stereocenters. The topological polar surface area (TPSA) is 51.4 Å². The summed E-state index contributed by atoms with van der Waals surface area (Å²) in [5.41, 5.74) is 2.92. The third kappa shape index (κ3) is 2.36. The van der Waals surface area contributed by atoms with Crippen molar-refractivity contribution in [3.05, 3.63) is 51.3 Å². The number of thiazole rings is 1. The zero-order valence-electron chi connectivity index (χ0n) is 11.1. The fraction of sp³-hybridized carbons (Fsp3) is 0.267. The lowest BCUT2D eigenvalue weighted by Crippen LogP contribution is -2.18. The van der Waals surface area contributed by atoms with Gasteiger partial charge in [0.1, 0.15) is 0 Å². The average molecular weight is 286 g/mol. The van der Waals surface area contributed by atoms with Gasteiger partial charge in [0, 0.05) is 24.2 Å². The number of amides is 1. The van der Waals surface area contributed by atoms with Crippen LogP contribution in [0.25, 0.3) is 0 Å². The Hall–Kier alpha value is -2.01. The molecule has 0 bridgehead atoms. The molecule has 0 saturated carbocycles. The highest BCUT2D eigenvalue weighted by Crippen LogP contribution is 2.23. The molecule has 102 valence electrons. The predicted molar refractivity (Wildman–Crippen MR) is 76.7 cm³/mol. The van der Waals surface area contributed by atoms with E-state index in [1.54, 1.807) is 23.9 Å². The Labute approximate surface area is 120 Å². The molecule has 0 radical (unpaired) electrons.